The van der Waals surface area contributed by atoms with Crippen molar-refractivity contribution in [2.45, 2.75) is 6.42 Å². The predicted octanol–water partition coefficient (Wildman–Crippen LogP) is 2.43. The molecule has 0 aliphatic carbocycles. The Morgan fingerprint density at radius 1 is 1.27 bits per heavy atom. The van der Waals surface area contributed by atoms with Gasteiger partial charge in [-0.1, -0.05) is 0 Å². The number of nitrogens with one attached hydrogen (secondary N) is 1. The molecular formula is C18H17N5O3. The van der Waals surface area contributed by atoms with E-state index >= 15 is 0 Å². The van der Waals surface area contributed by atoms with Crippen LogP contribution in [0.25, 0.3) is 5.82 Å². The number of nitrogens with zero attached hydrogens (tertiary/aromatic N) is 4. The zero-order chi connectivity index (χ0) is 17.8. The van der Waals surface area contributed by atoms with Crippen molar-refractivity contribution in [2.75, 3.05) is 18.5 Å². The lowest BCUT2D eigenvalue weighted by molar-refractivity contribution is -0.119. The predicted molar refractivity (Wildman–Crippen MR) is 93.2 cm³/mol. The second-order valence-corrected chi connectivity index (χ2v) is 5.86. The van der Waals surface area contributed by atoms with Crippen molar-refractivity contribution >= 4 is 11.6 Å². The van der Waals surface area contributed by atoms with Crippen molar-refractivity contribution < 1.29 is 14.3 Å². The molecule has 3 aromatic rings. The molecule has 0 bridgehead atoms. The van der Waals surface area contributed by atoms with Crippen molar-refractivity contribution in [1.82, 2.24) is 19.5 Å². The van der Waals surface area contributed by atoms with Crippen LogP contribution in [0.15, 0.2) is 55.4 Å². The smallest absolute Gasteiger partial charge is 0.229 e. The molecule has 1 fully saturated rings. The summed E-state index contributed by atoms with van der Waals surface area (Å²) >= 11 is 0. The molecule has 1 aromatic carbocycles. The number of imidazole rings is 1. The highest BCUT2D eigenvalue weighted by Crippen LogP contribution is 2.23. The number of anilines is 1. The van der Waals surface area contributed by atoms with Gasteiger partial charge in [0.25, 0.3) is 0 Å². The van der Waals surface area contributed by atoms with Crippen molar-refractivity contribution in [3.05, 3.63) is 55.4 Å². The molecule has 0 saturated carbocycles. The molecule has 8 nitrogen and oxygen atoms in total. The molecule has 1 aliphatic heterocycles. The third-order valence-electron chi connectivity index (χ3n) is 4.04. The first-order chi connectivity index (χ1) is 12.8. The summed E-state index contributed by atoms with van der Waals surface area (Å²) in [5.74, 6) is 1.60. The minimum absolute atomic E-state index is 0.0167. The van der Waals surface area contributed by atoms with E-state index in [1.165, 1.54) is 6.33 Å². The Morgan fingerprint density at radius 2 is 2.15 bits per heavy atom. The van der Waals surface area contributed by atoms with E-state index in [2.05, 4.69) is 20.3 Å². The van der Waals surface area contributed by atoms with Crippen LogP contribution in [0.3, 0.4) is 0 Å². The second-order valence-electron chi connectivity index (χ2n) is 5.86. The maximum absolute atomic E-state index is 12.1. The zero-order valence-corrected chi connectivity index (χ0v) is 13.9. The number of carbonyl (C=O) groups excluding carboxylic acids is 1. The molecule has 0 radical (unpaired) electrons. The summed E-state index contributed by atoms with van der Waals surface area (Å²) in [5.41, 5.74) is 0.719. The van der Waals surface area contributed by atoms with E-state index in [0.29, 0.717) is 30.7 Å². The molecule has 8 heteroatoms. The summed E-state index contributed by atoms with van der Waals surface area (Å²) in [6.07, 6.45) is 7.31. The van der Waals surface area contributed by atoms with Gasteiger partial charge in [0.15, 0.2) is 0 Å². The van der Waals surface area contributed by atoms with E-state index in [4.69, 9.17) is 9.47 Å². The van der Waals surface area contributed by atoms with Crippen LogP contribution >= 0.6 is 0 Å². The van der Waals surface area contributed by atoms with Crippen LogP contribution in [0.2, 0.25) is 0 Å². The lowest BCUT2D eigenvalue weighted by Gasteiger charge is -2.10. The van der Waals surface area contributed by atoms with E-state index in [-0.39, 0.29) is 11.8 Å². The van der Waals surface area contributed by atoms with E-state index in [1.54, 1.807) is 53.6 Å². The first kappa shape index (κ1) is 16.2. The summed E-state index contributed by atoms with van der Waals surface area (Å²) in [5, 5.41) is 2.89. The van der Waals surface area contributed by atoms with Gasteiger partial charge in [0.1, 0.15) is 24.2 Å². The number of amides is 1. The standard InChI is InChI=1S/C18H17N5O3/c24-18(13-5-8-25-10-13)22-14-1-3-15(4-2-14)26-17-9-16(20-11-21-17)23-7-6-19-12-23/h1-4,6-7,9,11-13H,5,8,10H2,(H,22,24). The molecule has 1 aliphatic rings. The van der Waals surface area contributed by atoms with Crippen molar-refractivity contribution in [2.24, 2.45) is 5.92 Å². The molecule has 1 atom stereocenters. The number of rotatable bonds is 5. The van der Waals surface area contributed by atoms with Crippen LogP contribution in [0.1, 0.15) is 6.42 Å². The van der Waals surface area contributed by atoms with Gasteiger partial charge in [-0.05, 0) is 30.7 Å². The van der Waals surface area contributed by atoms with Crippen LogP contribution in [0, 0.1) is 5.92 Å². The summed E-state index contributed by atoms with van der Waals surface area (Å²) in [6.45, 7) is 1.13. The van der Waals surface area contributed by atoms with Gasteiger partial charge in [-0.3, -0.25) is 9.36 Å². The third-order valence-corrected chi connectivity index (χ3v) is 4.04. The number of aromatic nitrogens is 4. The van der Waals surface area contributed by atoms with Crippen LogP contribution in [-0.4, -0.2) is 38.6 Å². The van der Waals surface area contributed by atoms with E-state index in [1.807, 2.05) is 0 Å². The van der Waals surface area contributed by atoms with Crippen molar-refractivity contribution in [3.8, 4) is 17.4 Å². The lowest BCUT2D eigenvalue weighted by Crippen LogP contribution is -2.22. The largest absolute Gasteiger partial charge is 0.439 e. The normalized spacial score (nSPS) is 16.4. The number of benzene rings is 1. The summed E-state index contributed by atoms with van der Waals surface area (Å²) in [6, 6.07) is 8.86. The quantitative estimate of drug-likeness (QED) is 0.759. The summed E-state index contributed by atoms with van der Waals surface area (Å²) in [4.78, 5) is 24.4. The number of carbonyl (C=O) groups is 1. The van der Waals surface area contributed by atoms with Gasteiger partial charge >= 0.3 is 0 Å². The number of hydrogen-bond donors (Lipinski definition) is 1. The number of hydrogen-bond acceptors (Lipinski definition) is 6. The van der Waals surface area contributed by atoms with Gasteiger partial charge in [0, 0.05) is 30.8 Å². The van der Waals surface area contributed by atoms with Gasteiger partial charge in [-0.15, -0.1) is 0 Å². The minimum atomic E-state index is -0.0754. The Kier molecular flexibility index (Phi) is 4.57. The van der Waals surface area contributed by atoms with Crippen molar-refractivity contribution in [3.63, 3.8) is 0 Å². The highest BCUT2D eigenvalue weighted by atomic mass is 16.5. The molecule has 1 unspecified atom stereocenters. The Morgan fingerprint density at radius 3 is 2.88 bits per heavy atom. The Bertz CT molecular complexity index is 874. The molecule has 1 N–H and O–H groups in total. The number of ether oxygens (including phenoxy) is 2. The van der Waals surface area contributed by atoms with E-state index < -0.39 is 0 Å². The van der Waals surface area contributed by atoms with Gasteiger partial charge in [0.2, 0.25) is 11.8 Å². The van der Waals surface area contributed by atoms with Gasteiger partial charge < -0.3 is 14.8 Å². The van der Waals surface area contributed by atoms with Crippen LogP contribution < -0.4 is 10.1 Å². The highest BCUT2D eigenvalue weighted by Gasteiger charge is 2.23. The third kappa shape index (κ3) is 3.70. The topological polar surface area (TPSA) is 91.2 Å². The monoisotopic (exact) mass is 351 g/mol. The minimum Gasteiger partial charge on any atom is -0.439 e. The molecule has 26 heavy (non-hydrogen) atoms. The SMILES string of the molecule is O=C(Nc1ccc(Oc2cc(-n3ccnc3)ncn2)cc1)C1CCOC1. The fourth-order valence-corrected chi connectivity index (χ4v) is 2.63. The fraction of sp³-hybridized carbons (Fsp3) is 0.222. The van der Waals surface area contributed by atoms with Gasteiger partial charge in [-0.25, -0.2) is 15.0 Å². The van der Waals surface area contributed by atoms with Gasteiger partial charge in [0.05, 0.1) is 12.5 Å². The first-order valence-electron chi connectivity index (χ1n) is 8.25. The molecule has 3 heterocycles. The first-order valence-corrected chi connectivity index (χ1v) is 8.25. The van der Waals surface area contributed by atoms with Gasteiger partial charge in [-0.2, -0.15) is 0 Å². The van der Waals surface area contributed by atoms with Crippen LogP contribution in [0.4, 0.5) is 5.69 Å². The maximum atomic E-state index is 12.1. The highest BCUT2D eigenvalue weighted by molar-refractivity contribution is 5.92. The van der Waals surface area contributed by atoms with E-state index in [9.17, 15) is 4.79 Å². The Hall–Kier alpha value is -3.26. The molecule has 132 valence electrons. The average molecular weight is 351 g/mol. The molecule has 2 aromatic heterocycles. The van der Waals surface area contributed by atoms with Crippen LogP contribution in [-0.2, 0) is 9.53 Å². The second kappa shape index (κ2) is 7.32. The molecular weight excluding hydrogens is 334 g/mol. The van der Waals surface area contributed by atoms with E-state index in [0.717, 1.165) is 12.1 Å². The summed E-state index contributed by atoms with van der Waals surface area (Å²) in [7, 11) is 0. The van der Waals surface area contributed by atoms with Crippen LogP contribution in [0.5, 0.6) is 11.6 Å². The average Bonchev–Trinajstić information content (AvgIpc) is 3.38. The Balaban J connectivity index is 1.41. The fourth-order valence-electron chi connectivity index (χ4n) is 2.63. The Labute approximate surface area is 149 Å². The maximum Gasteiger partial charge on any atom is 0.229 e. The lowest BCUT2D eigenvalue weighted by atomic mass is 10.1. The zero-order valence-electron chi connectivity index (χ0n) is 13.9. The van der Waals surface area contributed by atoms with Crippen molar-refractivity contribution in [1.29, 1.82) is 0 Å². The summed E-state index contributed by atoms with van der Waals surface area (Å²) < 4.78 is 12.8. The molecule has 0 spiro atoms. The molecule has 1 amide bonds. The molecule has 4 rings (SSSR count). The molecule has 1 saturated heterocycles.